The van der Waals surface area contributed by atoms with Gasteiger partial charge >= 0.3 is 0 Å². The maximum atomic E-state index is 13.3. The molecular formula is C33H39N3O4. The van der Waals surface area contributed by atoms with Crippen LogP contribution in [0.15, 0.2) is 54.7 Å². The fourth-order valence-corrected chi connectivity index (χ4v) is 7.32. The predicted octanol–water partition coefficient (Wildman–Crippen LogP) is 5.09. The highest BCUT2D eigenvalue weighted by molar-refractivity contribution is 6.07. The first-order valence-corrected chi connectivity index (χ1v) is 15.1. The van der Waals surface area contributed by atoms with Crippen molar-refractivity contribution in [3.63, 3.8) is 0 Å². The number of amides is 2. The molecule has 3 aromatic rings. The predicted molar refractivity (Wildman–Crippen MR) is 154 cm³/mol. The molecule has 2 unspecified atom stereocenters. The summed E-state index contributed by atoms with van der Waals surface area (Å²) in [4.78, 5) is 30.3. The van der Waals surface area contributed by atoms with Gasteiger partial charge in [-0.15, -0.1) is 0 Å². The van der Waals surface area contributed by atoms with E-state index < -0.39 is 0 Å². The van der Waals surface area contributed by atoms with E-state index in [1.807, 2.05) is 28.0 Å². The minimum absolute atomic E-state index is 0.116. The van der Waals surface area contributed by atoms with E-state index in [-0.39, 0.29) is 24.0 Å². The quantitative estimate of drug-likeness (QED) is 0.451. The van der Waals surface area contributed by atoms with Gasteiger partial charge < -0.3 is 23.8 Å². The van der Waals surface area contributed by atoms with Gasteiger partial charge in [-0.05, 0) is 74.1 Å². The fourth-order valence-electron chi connectivity index (χ4n) is 7.32. The van der Waals surface area contributed by atoms with Crippen LogP contribution in [0.2, 0.25) is 0 Å². The Morgan fingerprint density at radius 2 is 1.48 bits per heavy atom. The number of para-hydroxylation sites is 1. The summed E-state index contributed by atoms with van der Waals surface area (Å²) >= 11 is 0. The monoisotopic (exact) mass is 541 g/mol. The highest BCUT2D eigenvalue weighted by atomic mass is 16.5. The maximum absolute atomic E-state index is 13.3. The topological polar surface area (TPSA) is 64.0 Å². The second-order valence-corrected chi connectivity index (χ2v) is 12.1. The average Bonchev–Trinajstić information content (AvgIpc) is 3.55. The number of ether oxygens (including phenoxy) is 2. The third-order valence-electron chi connectivity index (χ3n) is 9.58. The number of fused-ring (bicyclic) bond motifs is 3. The number of carbonyl (C=O) groups excluding carboxylic acids is 2. The molecule has 0 N–H and O–H groups in total. The molecule has 1 aromatic heterocycles. The van der Waals surface area contributed by atoms with Crippen LogP contribution in [0, 0.1) is 5.92 Å². The van der Waals surface area contributed by atoms with Gasteiger partial charge in [-0.25, -0.2) is 0 Å². The van der Waals surface area contributed by atoms with E-state index in [9.17, 15) is 9.59 Å². The summed E-state index contributed by atoms with van der Waals surface area (Å²) in [5, 5.41) is 1.05. The van der Waals surface area contributed by atoms with Crippen LogP contribution in [0.4, 0.5) is 0 Å². The molecule has 0 spiro atoms. The average molecular weight is 542 g/mol. The second kappa shape index (κ2) is 11.0. The van der Waals surface area contributed by atoms with E-state index >= 15 is 0 Å². The molecule has 2 atom stereocenters. The minimum Gasteiger partial charge on any atom is -0.378 e. The van der Waals surface area contributed by atoms with E-state index in [0.29, 0.717) is 38.1 Å². The van der Waals surface area contributed by atoms with Crippen molar-refractivity contribution in [1.29, 1.82) is 0 Å². The number of carbonyl (C=O) groups is 2. The molecule has 210 valence electrons. The Balaban J connectivity index is 0.981. The third kappa shape index (κ3) is 5.06. The van der Waals surface area contributed by atoms with Crippen molar-refractivity contribution in [3.8, 4) is 0 Å². The molecule has 7 heteroatoms. The zero-order valence-corrected chi connectivity index (χ0v) is 23.2. The molecule has 2 bridgehead atoms. The Morgan fingerprint density at radius 1 is 0.775 bits per heavy atom. The van der Waals surface area contributed by atoms with Gasteiger partial charge in [-0.2, -0.15) is 0 Å². The van der Waals surface area contributed by atoms with Crippen LogP contribution >= 0.6 is 0 Å². The van der Waals surface area contributed by atoms with Crippen molar-refractivity contribution in [2.24, 2.45) is 5.92 Å². The molecule has 4 aliphatic rings. The van der Waals surface area contributed by atoms with Crippen molar-refractivity contribution in [1.82, 2.24) is 14.4 Å². The number of nitrogens with zero attached hydrogens (tertiary/aromatic N) is 3. The molecule has 3 aliphatic heterocycles. The van der Waals surface area contributed by atoms with Gasteiger partial charge in [-0.3, -0.25) is 9.59 Å². The molecule has 3 saturated heterocycles. The molecular weight excluding hydrogens is 502 g/mol. The van der Waals surface area contributed by atoms with Crippen LogP contribution in [0.3, 0.4) is 0 Å². The van der Waals surface area contributed by atoms with Gasteiger partial charge in [0.05, 0.1) is 31.0 Å². The Morgan fingerprint density at radius 3 is 2.20 bits per heavy atom. The van der Waals surface area contributed by atoms with Crippen LogP contribution < -0.4 is 0 Å². The fraction of sp³-hybridized carbons (Fsp3) is 0.515. The molecule has 40 heavy (non-hydrogen) atoms. The van der Waals surface area contributed by atoms with Crippen molar-refractivity contribution in [2.75, 3.05) is 39.4 Å². The highest BCUT2D eigenvalue weighted by Gasteiger charge is 2.36. The van der Waals surface area contributed by atoms with E-state index in [4.69, 9.17) is 9.47 Å². The molecule has 2 amide bonds. The smallest absolute Gasteiger partial charge is 0.256 e. The van der Waals surface area contributed by atoms with E-state index in [1.165, 1.54) is 18.4 Å². The summed E-state index contributed by atoms with van der Waals surface area (Å²) in [5.74, 6) is 1.39. The Hall–Kier alpha value is -3.16. The lowest BCUT2D eigenvalue weighted by atomic mass is 9.78. The third-order valence-corrected chi connectivity index (χ3v) is 9.58. The normalized spacial score (nSPS) is 26.8. The molecule has 2 aromatic carbocycles. The summed E-state index contributed by atoms with van der Waals surface area (Å²) in [6, 6.07) is 16.7. The zero-order valence-electron chi connectivity index (χ0n) is 23.2. The van der Waals surface area contributed by atoms with Gasteiger partial charge in [-0.1, -0.05) is 30.3 Å². The van der Waals surface area contributed by atoms with Crippen molar-refractivity contribution in [2.45, 2.75) is 63.2 Å². The molecule has 4 heterocycles. The highest BCUT2D eigenvalue weighted by Crippen LogP contribution is 2.37. The molecule has 7 nitrogen and oxygen atoms in total. The summed E-state index contributed by atoms with van der Waals surface area (Å²) in [6.07, 6.45) is 9.32. The van der Waals surface area contributed by atoms with Gasteiger partial charge in [0.2, 0.25) is 0 Å². The van der Waals surface area contributed by atoms with Crippen molar-refractivity contribution >= 4 is 22.7 Å². The molecule has 1 aliphatic carbocycles. The number of likely N-dealkylation sites (tertiary alicyclic amines) is 1. The summed E-state index contributed by atoms with van der Waals surface area (Å²) in [5.41, 5.74) is 4.10. The Kier molecular flexibility index (Phi) is 7.10. The first kappa shape index (κ1) is 25.8. The van der Waals surface area contributed by atoms with E-state index in [0.717, 1.165) is 67.3 Å². The van der Waals surface area contributed by atoms with Gasteiger partial charge in [0.15, 0.2) is 0 Å². The summed E-state index contributed by atoms with van der Waals surface area (Å²) in [6.45, 7) is 4.93. The van der Waals surface area contributed by atoms with Gasteiger partial charge in [0.25, 0.3) is 11.8 Å². The largest absolute Gasteiger partial charge is 0.378 e. The molecule has 0 radical (unpaired) electrons. The number of hydrogen-bond acceptors (Lipinski definition) is 4. The number of morpholine rings is 2. The number of hydrogen-bond donors (Lipinski definition) is 0. The van der Waals surface area contributed by atoms with Crippen molar-refractivity contribution < 1.29 is 19.1 Å². The van der Waals surface area contributed by atoms with Crippen LogP contribution in [-0.4, -0.2) is 77.8 Å². The lowest BCUT2D eigenvalue weighted by molar-refractivity contribution is -0.0303. The molecule has 4 fully saturated rings. The Labute approximate surface area is 236 Å². The first-order chi connectivity index (χ1) is 19.6. The second-order valence-electron chi connectivity index (χ2n) is 12.1. The van der Waals surface area contributed by atoms with Crippen molar-refractivity contribution in [3.05, 3.63) is 71.4 Å². The van der Waals surface area contributed by atoms with Crippen LogP contribution in [-0.2, 0) is 16.0 Å². The van der Waals surface area contributed by atoms with Crippen LogP contribution in [0.5, 0.6) is 0 Å². The van der Waals surface area contributed by atoms with Crippen LogP contribution in [0.25, 0.3) is 10.9 Å². The van der Waals surface area contributed by atoms with Crippen LogP contribution in [0.1, 0.15) is 70.7 Å². The maximum Gasteiger partial charge on any atom is 0.256 e. The summed E-state index contributed by atoms with van der Waals surface area (Å²) in [7, 11) is 0. The number of benzene rings is 2. The lowest BCUT2D eigenvalue weighted by Gasteiger charge is -2.32. The SMILES string of the molecule is O=C(c1ccc(C2CCC(Cn3cc(C(=O)N4CCOCC4)c4ccccc43)CC2)cc1)N1CC2CCC(C1)O2. The van der Waals surface area contributed by atoms with Gasteiger partial charge in [0, 0.05) is 55.4 Å². The standard InChI is InChI=1S/C33H39N3O4/c37-32(36-20-27-13-14-28(21-36)40-27)26-11-9-25(10-12-26)24-7-5-23(6-8-24)19-35-22-30(29-3-1-2-4-31(29)35)33(38)34-15-17-39-18-16-34/h1-4,9-12,22-24,27-28H,5-8,13-21H2. The van der Waals surface area contributed by atoms with E-state index in [1.54, 1.807) is 0 Å². The molecule has 7 rings (SSSR count). The summed E-state index contributed by atoms with van der Waals surface area (Å²) < 4.78 is 13.7. The Bertz CT molecular complexity index is 1360. The number of aromatic nitrogens is 1. The zero-order chi connectivity index (χ0) is 27.1. The molecule has 1 saturated carbocycles. The first-order valence-electron chi connectivity index (χ1n) is 15.1. The lowest BCUT2D eigenvalue weighted by Crippen LogP contribution is -2.45. The minimum atomic E-state index is 0.116. The number of rotatable bonds is 5. The van der Waals surface area contributed by atoms with Gasteiger partial charge in [0.1, 0.15) is 0 Å². The van der Waals surface area contributed by atoms with E-state index in [2.05, 4.69) is 41.1 Å².